The second kappa shape index (κ2) is 7.28. The second-order valence-corrected chi connectivity index (χ2v) is 5.00. The number of nitriles is 1. The smallest absolute Gasteiger partial charge is 0.304 e. The quantitative estimate of drug-likeness (QED) is 0.884. The highest BCUT2D eigenvalue weighted by Crippen LogP contribution is 2.36. The van der Waals surface area contributed by atoms with Crippen LogP contribution in [0.1, 0.15) is 29.4 Å². The molecule has 0 radical (unpaired) electrons. The molecule has 1 N–H and O–H groups in total. The zero-order chi connectivity index (χ0) is 15.9. The van der Waals surface area contributed by atoms with Crippen LogP contribution < -0.4 is 4.74 Å². The number of ether oxygens (including phenoxy) is 1. The van der Waals surface area contributed by atoms with Crippen LogP contribution in [-0.2, 0) is 4.79 Å². The number of nitrogens with zero attached hydrogens (tertiary/aromatic N) is 1. The van der Waals surface area contributed by atoms with Crippen molar-refractivity contribution >= 4 is 5.97 Å². The molecular weight excluding hydrogens is 278 g/mol. The van der Waals surface area contributed by atoms with E-state index in [1.165, 1.54) is 0 Å². The lowest BCUT2D eigenvalue weighted by atomic mass is 9.80. The minimum Gasteiger partial charge on any atom is -0.497 e. The molecule has 4 heteroatoms. The number of carboxylic acids is 1. The minimum atomic E-state index is -0.927. The number of hydrogen-bond donors (Lipinski definition) is 1. The fourth-order valence-electron chi connectivity index (χ4n) is 2.55. The Morgan fingerprint density at radius 3 is 2.45 bits per heavy atom. The van der Waals surface area contributed by atoms with Gasteiger partial charge in [0.2, 0.25) is 0 Å². The Morgan fingerprint density at radius 2 is 1.86 bits per heavy atom. The summed E-state index contributed by atoms with van der Waals surface area (Å²) in [7, 11) is 1.56. The maximum Gasteiger partial charge on any atom is 0.304 e. The number of rotatable bonds is 6. The van der Waals surface area contributed by atoms with Gasteiger partial charge in [-0.1, -0.05) is 42.5 Å². The van der Waals surface area contributed by atoms with Gasteiger partial charge in [-0.25, -0.2) is 0 Å². The van der Waals surface area contributed by atoms with Crippen LogP contribution in [0.15, 0.2) is 54.6 Å². The molecule has 0 saturated carbocycles. The van der Waals surface area contributed by atoms with Gasteiger partial charge < -0.3 is 9.84 Å². The molecule has 2 unspecified atom stereocenters. The number of benzene rings is 2. The maximum atomic E-state index is 11.2. The van der Waals surface area contributed by atoms with Gasteiger partial charge in [-0.15, -0.1) is 0 Å². The van der Waals surface area contributed by atoms with Crippen LogP contribution in [0.2, 0.25) is 0 Å². The van der Waals surface area contributed by atoms with Gasteiger partial charge in [-0.3, -0.25) is 4.79 Å². The van der Waals surface area contributed by atoms with Crippen LogP contribution >= 0.6 is 0 Å². The molecule has 0 amide bonds. The van der Waals surface area contributed by atoms with Gasteiger partial charge in [0.25, 0.3) is 0 Å². The summed E-state index contributed by atoms with van der Waals surface area (Å²) in [4.78, 5) is 11.2. The Bertz CT molecular complexity index is 676. The Kier molecular flexibility index (Phi) is 5.16. The van der Waals surface area contributed by atoms with Crippen molar-refractivity contribution in [1.82, 2.24) is 0 Å². The normalized spacial score (nSPS) is 12.9. The second-order valence-electron chi connectivity index (χ2n) is 5.00. The first-order valence-corrected chi connectivity index (χ1v) is 6.96. The lowest BCUT2D eigenvalue weighted by molar-refractivity contribution is -0.137. The summed E-state index contributed by atoms with van der Waals surface area (Å²) >= 11 is 0. The molecule has 2 rings (SSSR count). The predicted octanol–water partition coefficient (Wildman–Crippen LogP) is 3.56. The summed E-state index contributed by atoms with van der Waals surface area (Å²) < 4.78 is 5.20. The van der Waals surface area contributed by atoms with Gasteiger partial charge in [0.15, 0.2) is 0 Å². The first-order chi connectivity index (χ1) is 10.7. The van der Waals surface area contributed by atoms with Crippen LogP contribution in [0.4, 0.5) is 0 Å². The van der Waals surface area contributed by atoms with Crippen LogP contribution in [0.3, 0.4) is 0 Å². The molecule has 0 aliphatic carbocycles. The molecule has 0 aliphatic rings. The average molecular weight is 295 g/mol. The van der Waals surface area contributed by atoms with Gasteiger partial charge >= 0.3 is 5.97 Å². The molecule has 0 fully saturated rings. The highest BCUT2D eigenvalue weighted by molar-refractivity contribution is 5.68. The fourth-order valence-corrected chi connectivity index (χ4v) is 2.55. The Labute approximate surface area is 129 Å². The van der Waals surface area contributed by atoms with Crippen molar-refractivity contribution in [2.75, 3.05) is 7.11 Å². The largest absolute Gasteiger partial charge is 0.497 e. The average Bonchev–Trinajstić information content (AvgIpc) is 2.55. The van der Waals surface area contributed by atoms with Crippen LogP contribution in [-0.4, -0.2) is 18.2 Å². The molecule has 2 aromatic rings. The number of aliphatic carboxylic acids is 1. The zero-order valence-electron chi connectivity index (χ0n) is 12.3. The molecule has 0 saturated heterocycles. The SMILES string of the molecule is COc1cccc(C(CC(=O)O)C(C#N)c2ccccc2)c1. The van der Waals surface area contributed by atoms with E-state index in [0.29, 0.717) is 5.75 Å². The number of carboxylic acid groups (broad SMARTS) is 1. The van der Waals surface area contributed by atoms with E-state index in [1.807, 2.05) is 42.5 Å². The van der Waals surface area contributed by atoms with Gasteiger partial charge in [-0.05, 0) is 23.3 Å². The van der Waals surface area contributed by atoms with E-state index in [9.17, 15) is 15.2 Å². The lowest BCUT2D eigenvalue weighted by Gasteiger charge is -2.21. The van der Waals surface area contributed by atoms with Gasteiger partial charge in [0.05, 0.1) is 25.5 Å². The summed E-state index contributed by atoms with van der Waals surface area (Å²) in [6, 6.07) is 18.8. The van der Waals surface area contributed by atoms with E-state index in [2.05, 4.69) is 6.07 Å². The molecule has 0 heterocycles. The zero-order valence-corrected chi connectivity index (χ0v) is 12.3. The summed E-state index contributed by atoms with van der Waals surface area (Å²) in [6.45, 7) is 0. The van der Waals surface area contributed by atoms with E-state index >= 15 is 0 Å². The third kappa shape index (κ3) is 3.64. The Hall–Kier alpha value is -2.80. The molecule has 22 heavy (non-hydrogen) atoms. The minimum absolute atomic E-state index is 0.111. The van der Waals surface area contributed by atoms with E-state index in [-0.39, 0.29) is 6.42 Å². The first-order valence-electron chi connectivity index (χ1n) is 6.96. The van der Waals surface area contributed by atoms with Gasteiger partial charge in [0.1, 0.15) is 5.75 Å². The van der Waals surface area contributed by atoms with Gasteiger partial charge in [-0.2, -0.15) is 5.26 Å². The van der Waals surface area contributed by atoms with E-state index in [0.717, 1.165) is 11.1 Å². The predicted molar refractivity (Wildman–Crippen MR) is 82.8 cm³/mol. The number of methoxy groups -OCH3 is 1. The molecule has 0 bridgehead atoms. The number of hydrogen-bond acceptors (Lipinski definition) is 3. The van der Waals surface area contributed by atoms with Crippen LogP contribution in [0.25, 0.3) is 0 Å². The highest BCUT2D eigenvalue weighted by atomic mass is 16.5. The lowest BCUT2D eigenvalue weighted by Crippen LogP contribution is -2.14. The van der Waals surface area contributed by atoms with E-state index in [4.69, 9.17) is 4.74 Å². The molecule has 2 aromatic carbocycles. The van der Waals surface area contributed by atoms with Crippen molar-refractivity contribution in [2.45, 2.75) is 18.3 Å². The third-order valence-electron chi connectivity index (χ3n) is 3.62. The van der Waals surface area contributed by atoms with Gasteiger partial charge in [0, 0.05) is 5.92 Å². The fraction of sp³-hybridized carbons (Fsp3) is 0.222. The first kappa shape index (κ1) is 15.6. The maximum absolute atomic E-state index is 11.2. The summed E-state index contributed by atoms with van der Waals surface area (Å²) in [5.41, 5.74) is 1.61. The topological polar surface area (TPSA) is 70.3 Å². The summed E-state index contributed by atoms with van der Waals surface area (Å²) in [6.07, 6.45) is -0.111. The molecule has 0 spiro atoms. The molecule has 0 aromatic heterocycles. The van der Waals surface area contributed by atoms with Crippen molar-refractivity contribution in [3.8, 4) is 11.8 Å². The van der Waals surface area contributed by atoms with Crippen molar-refractivity contribution in [3.63, 3.8) is 0 Å². The Morgan fingerprint density at radius 1 is 1.18 bits per heavy atom. The highest BCUT2D eigenvalue weighted by Gasteiger charge is 2.27. The third-order valence-corrected chi connectivity index (χ3v) is 3.62. The van der Waals surface area contributed by atoms with Crippen molar-refractivity contribution in [2.24, 2.45) is 0 Å². The van der Waals surface area contributed by atoms with Crippen molar-refractivity contribution in [3.05, 3.63) is 65.7 Å². The molecule has 2 atom stereocenters. The van der Waals surface area contributed by atoms with Crippen LogP contribution in [0.5, 0.6) is 5.75 Å². The Balaban J connectivity index is 2.44. The van der Waals surface area contributed by atoms with E-state index in [1.54, 1.807) is 19.2 Å². The summed E-state index contributed by atoms with van der Waals surface area (Å²) in [5.74, 6) is -1.23. The van der Waals surface area contributed by atoms with E-state index < -0.39 is 17.8 Å². The molecular formula is C18H17NO3. The molecule has 0 aliphatic heterocycles. The number of carbonyl (C=O) groups is 1. The monoisotopic (exact) mass is 295 g/mol. The van der Waals surface area contributed by atoms with Crippen LogP contribution in [0, 0.1) is 11.3 Å². The standard InChI is InChI=1S/C18H17NO3/c1-22-15-9-5-8-14(10-15)16(11-18(20)21)17(12-19)13-6-3-2-4-7-13/h2-10,16-17H,11H2,1H3,(H,20,21). The summed E-state index contributed by atoms with van der Waals surface area (Å²) in [5, 5.41) is 18.8. The van der Waals surface area contributed by atoms with Crippen molar-refractivity contribution in [1.29, 1.82) is 5.26 Å². The molecule has 112 valence electrons. The van der Waals surface area contributed by atoms with Crippen molar-refractivity contribution < 1.29 is 14.6 Å². The molecule has 4 nitrogen and oxygen atoms in total.